The lowest BCUT2D eigenvalue weighted by molar-refractivity contribution is 0.276. The number of nitriles is 1. The normalized spacial score (nSPS) is 15.1. The van der Waals surface area contributed by atoms with Crippen LogP contribution in [0.25, 0.3) is 11.3 Å². The van der Waals surface area contributed by atoms with Crippen LogP contribution in [0.1, 0.15) is 37.3 Å². The minimum atomic E-state index is -0.456. The number of fused-ring (bicyclic) bond motifs is 1. The van der Waals surface area contributed by atoms with Gasteiger partial charge in [0.1, 0.15) is 11.6 Å². The lowest BCUT2D eigenvalue weighted by atomic mass is 9.83. The number of nitrogens with one attached hydrogen (secondary N) is 1. The van der Waals surface area contributed by atoms with Gasteiger partial charge in [-0.3, -0.25) is 5.10 Å². The molecule has 7 heteroatoms. The van der Waals surface area contributed by atoms with Gasteiger partial charge in [0.25, 0.3) is 0 Å². The Kier molecular flexibility index (Phi) is 5.80. The summed E-state index contributed by atoms with van der Waals surface area (Å²) < 4.78 is 17.3. The summed E-state index contributed by atoms with van der Waals surface area (Å²) in [5, 5.41) is 17.3. The van der Waals surface area contributed by atoms with Crippen molar-refractivity contribution in [2.75, 3.05) is 13.2 Å². The van der Waals surface area contributed by atoms with E-state index in [1.165, 1.54) is 0 Å². The zero-order valence-corrected chi connectivity index (χ0v) is 17.5. The summed E-state index contributed by atoms with van der Waals surface area (Å²) in [6, 6.07) is 17.7. The SMILES string of the molecule is CCCOc1ccc([C@H]2C(C#N)=C(N)Oc3n[nH]c(-c4ccccc4)c32)cc1OCC. The van der Waals surface area contributed by atoms with E-state index in [4.69, 9.17) is 19.9 Å². The van der Waals surface area contributed by atoms with Gasteiger partial charge in [-0.15, -0.1) is 5.10 Å². The minimum Gasteiger partial charge on any atom is -0.490 e. The number of nitrogens with two attached hydrogens (primary N) is 1. The third kappa shape index (κ3) is 3.80. The van der Waals surface area contributed by atoms with Crippen LogP contribution < -0.4 is 19.9 Å². The van der Waals surface area contributed by atoms with Crippen molar-refractivity contribution in [3.63, 3.8) is 0 Å². The van der Waals surface area contributed by atoms with Crippen LogP contribution in [0.4, 0.5) is 0 Å². The molecule has 0 spiro atoms. The van der Waals surface area contributed by atoms with Crippen LogP contribution in [0.5, 0.6) is 17.4 Å². The molecule has 31 heavy (non-hydrogen) atoms. The standard InChI is InChI=1S/C24H24N4O3/c1-3-12-30-18-11-10-16(13-19(18)29-4-2)20-17(14-25)23(26)31-24-21(20)22(27-28-24)15-8-6-5-7-9-15/h5-11,13,20H,3-4,12,26H2,1-2H3,(H,27,28)/t20-/m0/s1. The topological polar surface area (TPSA) is 106 Å². The van der Waals surface area contributed by atoms with Crippen molar-refractivity contribution in [3.8, 4) is 34.7 Å². The van der Waals surface area contributed by atoms with Gasteiger partial charge in [0, 0.05) is 0 Å². The van der Waals surface area contributed by atoms with E-state index in [2.05, 4.69) is 23.2 Å². The summed E-state index contributed by atoms with van der Waals surface area (Å²) in [4.78, 5) is 0. The van der Waals surface area contributed by atoms with E-state index >= 15 is 0 Å². The Bertz CT molecular complexity index is 1150. The predicted octanol–water partition coefficient (Wildman–Crippen LogP) is 4.48. The Labute approximate surface area is 181 Å². The van der Waals surface area contributed by atoms with Gasteiger partial charge in [-0.1, -0.05) is 43.3 Å². The van der Waals surface area contributed by atoms with Crippen LogP contribution in [-0.2, 0) is 0 Å². The van der Waals surface area contributed by atoms with Gasteiger partial charge in [-0.05, 0) is 36.6 Å². The Morgan fingerprint density at radius 3 is 2.65 bits per heavy atom. The van der Waals surface area contributed by atoms with Gasteiger partial charge in [0.05, 0.1) is 30.4 Å². The molecule has 0 aliphatic carbocycles. The molecule has 1 aliphatic rings. The van der Waals surface area contributed by atoms with Crippen molar-refractivity contribution in [2.24, 2.45) is 5.73 Å². The highest BCUT2D eigenvalue weighted by molar-refractivity contribution is 5.71. The van der Waals surface area contributed by atoms with E-state index in [1.807, 2.05) is 55.5 Å². The molecule has 0 saturated carbocycles. The third-order valence-corrected chi connectivity index (χ3v) is 5.06. The highest BCUT2D eigenvalue weighted by Crippen LogP contribution is 2.47. The quantitative estimate of drug-likeness (QED) is 0.588. The van der Waals surface area contributed by atoms with Gasteiger partial charge < -0.3 is 19.9 Å². The molecule has 2 heterocycles. The number of benzene rings is 2. The number of aromatic amines is 1. The second-order valence-electron chi connectivity index (χ2n) is 7.10. The number of ether oxygens (including phenoxy) is 3. The van der Waals surface area contributed by atoms with Crippen LogP contribution in [0.15, 0.2) is 60.0 Å². The second kappa shape index (κ2) is 8.84. The van der Waals surface area contributed by atoms with E-state index in [0.29, 0.717) is 36.2 Å². The monoisotopic (exact) mass is 416 g/mol. The molecule has 158 valence electrons. The van der Waals surface area contributed by atoms with E-state index in [0.717, 1.165) is 28.8 Å². The fourth-order valence-electron chi connectivity index (χ4n) is 3.71. The van der Waals surface area contributed by atoms with Crippen molar-refractivity contribution in [3.05, 3.63) is 71.1 Å². The number of rotatable bonds is 7. The first kappa shape index (κ1) is 20.4. The van der Waals surface area contributed by atoms with Crippen molar-refractivity contribution in [2.45, 2.75) is 26.2 Å². The van der Waals surface area contributed by atoms with Gasteiger partial charge in [0.15, 0.2) is 11.5 Å². The Morgan fingerprint density at radius 1 is 1.13 bits per heavy atom. The Morgan fingerprint density at radius 2 is 1.94 bits per heavy atom. The third-order valence-electron chi connectivity index (χ3n) is 5.06. The molecule has 2 aromatic carbocycles. The number of H-pyrrole nitrogens is 1. The fourth-order valence-corrected chi connectivity index (χ4v) is 3.71. The summed E-state index contributed by atoms with van der Waals surface area (Å²) in [6.07, 6.45) is 0.893. The molecule has 0 saturated heterocycles. The first-order chi connectivity index (χ1) is 15.2. The van der Waals surface area contributed by atoms with Gasteiger partial charge in [0.2, 0.25) is 11.8 Å². The molecular weight excluding hydrogens is 392 g/mol. The van der Waals surface area contributed by atoms with Crippen molar-refractivity contribution in [1.82, 2.24) is 10.2 Å². The average molecular weight is 416 g/mol. The molecule has 1 atom stereocenters. The summed E-state index contributed by atoms with van der Waals surface area (Å²) >= 11 is 0. The van der Waals surface area contributed by atoms with Crippen molar-refractivity contribution in [1.29, 1.82) is 5.26 Å². The average Bonchev–Trinajstić information content (AvgIpc) is 3.21. The molecule has 0 fully saturated rings. The minimum absolute atomic E-state index is 0.0513. The van der Waals surface area contributed by atoms with E-state index in [9.17, 15) is 5.26 Å². The predicted molar refractivity (Wildman–Crippen MR) is 117 cm³/mol. The lowest BCUT2D eigenvalue weighted by Crippen LogP contribution is -2.21. The molecule has 4 rings (SSSR count). The van der Waals surface area contributed by atoms with Crippen LogP contribution in [0, 0.1) is 11.3 Å². The number of hydrogen-bond donors (Lipinski definition) is 2. The molecule has 3 N–H and O–H groups in total. The molecule has 0 unspecified atom stereocenters. The molecular formula is C24H24N4O3. The van der Waals surface area contributed by atoms with Crippen LogP contribution in [-0.4, -0.2) is 23.4 Å². The molecule has 1 aliphatic heterocycles. The van der Waals surface area contributed by atoms with Gasteiger partial charge in [-0.2, -0.15) is 5.26 Å². The van der Waals surface area contributed by atoms with E-state index < -0.39 is 5.92 Å². The maximum absolute atomic E-state index is 9.91. The molecule has 3 aromatic rings. The molecule has 0 amide bonds. The second-order valence-corrected chi connectivity index (χ2v) is 7.10. The summed E-state index contributed by atoms with van der Waals surface area (Å²) in [5.74, 6) is 1.26. The zero-order chi connectivity index (χ0) is 21.8. The highest BCUT2D eigenvalue weighted by Gasteiger charge is 2.36. The van der Waals surface area contributed by atoms with Gasteiger partial charge in [-0.25, -0.2) is 0 Å². The first-order valence-electron chi connectivity index (χ1n) is 10.3. The smallest absolute Gasteiger partial charge is 0.244 e. The number of aromatic nitrogens is 2. The summed E-state index contributed by atoms with van der Waals surface area (Å²) in [7, 11) is 0. The number of allylic oxidation sites excluding steroid dienone is 1. The van der Waals surface area contributed by atoms with Crippen LogP contribution in [0.3, 0.4) is 0 Å². The molecule has 7 nitrogen and oxygen atoms in total. The van der Waals surface area contributed by atoms with Crippen molar-refractivity contribution < 1.29 is 14.2 Å². The zero-order valence-electron chi connectivity index (χ0n) is 17.5. The Hall–Kier alpha value is -3.92. The maximum Gasteiger partial charge on any atom is 0.244 e. The largest absolute Gasteiger partial charge is 0.490 e. The maximum atomic E-state index is 9.91. The summed E-state index contributed by atoms with van der Waals surface area (Å²) in [6.45, 7) is 5.06. The first-order valence-corrected chi connectivity index (χ1v) is 10.3. The van der Waals surface area contributed by atoms with Crippen LogP contribution in [0.2, 0.25) is 0 Å². The van der Waals surface area contributed by atoms with E-state index in [1.54, 1.807) is 0 Å². The highest BCUT2D eigenvalue weighted by atomic mass is 16.5. The Balaban J connectivity index is 1.87. The summed E-state index contributed by atoms with van der Waals surface area (Å²) in [5.41, 5.74) is 9.76. The number of hydrogen-bond acceptors (Lipinski definition) is 6. The van der Waals surface area contributed by atoms with Crippen molar-refractivity contribution >= 4 is 0 Å². The van der Waals surface area contributed by atoms with Gasteiger partial charge >= 0.3 is 0 Å². The van der Waals surface area contributed by atoms with Crippen LogP contribution >= 0.6 is 0 Å². The molecule has 0 radical (unpaired) electrons. The fraction of sp³-hybridized carbons (Fsp3) is 0.250. The lowest BCUT2D eigenvalue weighted by Gasteiger charge is -2.25. The number of nitrogens with zero attached hydrogens (tertiary/aromatic N) is 2. The van der Waals surface area contributed by atoms with E-state index in [-0.39, 0.29) is 5.88 Å². The molecule has 1 aromatic heterocycles. The molecule has 0 bridgehead atoms.